The van der Waals surface area contributed by atoms with Crippen molar-refractivity contribution in [2.24, 2.45) is 0 Å². The molecule has 2 amide bonds. The van der Waals surface area contributed by atoms with Gasteiger partial charge in [0.15, 0.2) is 0 Å². The van der Waals surface area contributed by atoms with Crippen LogP contribution in [0.15, 0.2) is 114 Å². The SMILES string of the molecule is CC(C)NC(=O)[C@H](Cc1ccccc1)N(Cc1ccc(F)cc1)C(=O)CN(c1ccccc1F)S(=O)(=O)c1ccccc1. The van der Waals surface area contributed by atoms with Gasteiger partial charge in [0.1, 0.15) is 24.2 Å². The minimum atomic E-state index is -4.41. The Balaban J connectivity index is 1.80. The molecular weight excluding hydrogens is 572 g/mol. The maximum atomic E-state index is 15.1. The second-order valence-electron chi connectivity index (χ2n) is 10.3. The van der Waals surface area contributed by atoms with E-state index in [2.05, 4.69) is 5.32 Å². The number of amides is 2. The number of para-hydroxylation sites is 1. The first-order chi connectivity index (χ1) is 20.6. The van der Waals surface area contributed by atoms with Crippen molar-refractivity contribution >= 4 is 27.5 Å². The molecule has 0 unspecified atom stereocenters. The summed E-state index contributed by atoms with van der Waals surface area (Å²) >= 11 is 0. The van der Waals surface area contributed by atoms with Gasteiger partial charge in [0.2, 0.25) is 11.8 Å². The van der Waals surface area contributed by atoms with Gasteiger partial charge in [0, 0.05) is 19.0 Å². The smallest absolute Gasteiger partial charge is 0.264 e. The monoisotopic (exact) mass is 605 g/mol. The van der Waals surface area contributed by atoms with Gasteiger partial charge in [0.25, 0.3) is 10.0 Å². The second-order valence-corrected chi connectivity index (χ2v) is 12.2. The zero-order chi connectivity index (χ0) is 31.0. The number of halogens is 2. The van der Waals surface area contributed by atoms with Crippen molar-refractivity contribution in [3.63, 3.8) is 0 Å². The Hall–Kier alpha value is -4.57. The highest BCUT2D eigenvalue weighted by Crippen LogP contribution is 2.27. The summed E-state index contributed by atoms with van der Waals surface area (Å²) in [6.45, 7) is 2.66. The van der Waals surface area contributed by atoms with Crippen LogP contribution in [0.3, 0.4) is 0 Å². The molecule has 7 nitrogen and oxygen atoms in total. The molecule has 0 aliphatic heterocycles. The molecule has 1 atom stereocenters. The van der Waals surface area contributed by atoms with Crippen molar-refractivity contribution in [1.29, 1.82) is 0 Å². The average molecular weight is 606 g/mol. The maximum Gasteiger partial charge on any atom is 0.264 e. The standard InChI is InChI=1S/C33H33F2N3O4S/c1-24(2)36-33(40)31(21-25-11-5-3-6-12-25)37(22-26-17-19-27(34)20-18-26)32(39)23-38(30-16-10-9-15-29(30)35)43(41,42)28-13-7-4-8-14-28/h3-20,24,31H,21-23H2,1-2H3,(H,36,40)/t31-/m0/s1. The van der Waals surface area contributed by atoms with E-state index in [1.807, 2.05) is 30.3 Å². The molecular formula is C33H33F2N3O4S. The van der Waals surface area contributed by atoms with Gasteiger partial charge < -0.3 is 10.2 Å². The molecule has 0 aliphatic rings. The van der Waals surface area contributed by atoms with E-state index in [-0.39, 0.29) is 29.6 Å². The molecule has 0 heterocycles. The molecule has 0 fully saturated rings. The van der Waals surface area contributed by atoms with Crippen LogP contribution in [0.1, 0.15) is 25.0 Å². The van der Waals surface area contributed by atoms with Crippen LogP contribution < -0.4 is 9.62 Å². The molecule has 0 radical (unpaired) electrons. The number of nitrogens with one attached hydrogen (secondary N) is 1. The quantitative estimate of drug-likeness (QED) is 0.237. The van der Waals surface area contributed by atoms with Crippen molar-refractivity contribution < 1.29 is 26.8 Å². The average Bonchev–Trinajstić information content (AvgIpc) is 2.99. The highest BCUT2D eigenvalue weighted by Gasteiger charge is 2.35. The molecule has 0 aliphatic carbocycles. The number of hydrogen-bond acceptors (Lipinski definition) is 4. The van der Waals surface area contributed by atoms with Gasteiger partial charge in [-0.2, -0.15) is 0 Å². The Kier molecular flexibility index (Phi) is 10.3. The summed E-state index contributed by atoms with van der Waals surface area (Å²) in [4.78, 5) is 29.0. The van der Waals surface area contributed by atoms with Crippen molar-refractivity contribution in [2.75, 3.05) is 10.8 Å². The molecule has 10 heteroatoms. The zero-order valence-electron chi connectivity index (χ0n) is 23.9. The lowest BCUT2D eigenvalue weighted by Crippen LogP contribution is -2.54. The normalized spacial score (nSPS) is 12.0. The predicted molar refractivity (Wildman–Crippen MR) is 162 cm³/mol. The Labute approximate surface area is 250 Å². The van der Waals surface area contributed by atoms with Crippen molar-refractivity contribution in [3.05, 3.63) is 132 Å². The summed E-state index contributed by atoms with van der Waals surface area (Å²) in [6, 6.07) is 25.9. The van der Waals surface area contributed by atoms with Gasteiger partial charge in [-0.15, -0.1) is 0 Å². The van der Waals surface area contributed by atoms with Gasteiger partial charge in [0.05, 0.1) is 10.6 Å². The molecule has 0 bridgehead atoms. The molecule has 43 heavy (non-hydrogen) atoms. The van der Waals surface area contributed by atoms with Crippen LogP contribution in [-0.2, 0) is 32.6 Å². The molecule has 1 N–H and O–H groups in total. The minimum Gasteiger partial charge on any atom is -0.352 e. The van der Waals surface area contributed by atoms with Gasteiger partial charge in [-0.05, 0) is 61.4 Å². The molecule has 0 saturated carbocycles. The molecule has 4 aromatic rings. The lowest BCUT2D eigenvalue weighted by Gasteiger charge is -2.34. The van der Waals surface area contributed by atoms with Crippen LogP contribution in [0.5, 0.6) is 0 Å². The minimum absolute atomic E-state index is 0.122. The molecule has 4 rings (SSSR count). The fourth-order valence-corrected chi connectivity index (χ4v) is 6.05. The number of sulfonamides is 1. The summed E-state index contributed by atoms with van der Waals surface area (Å²) in [5.41, 5.74) is 0.979. The molecule has 224 valence electrons. The molecule has 4 aromatic carbocycles. The third kappa shape index (κ3) is 8.04. The van der Waals surface area contributed by atoms with Gasteiger partial charge in [-0.3, -0.25) is 13.9 Å². The summed E-state index contributed by atoms with van der Waals surface area (Å²) in [5.74, 6) is -2.50. The molecule has 0 spiro atoms. The first kappa shape index (κ1) is 31.4. The van der Waals surface area contributed by atoms with Crippen LogP contribution in [0.25, 0.3) is 0 Å². The van der Waals surface area contributed by atoms with Gasteiger partial charge in [-0.25, -0.2) is 17.2 Å². The molecule has 0 saturated heterocycles. The highest BCUT2D eigenvalue weighted by molar-refractivity contribution is 7.92. The van der Waals surface area contributed by atoms with Crippen molar-refractivity contribution in [2.45, 2.75) is 43.8 Å². The van der Waals surface area contributed by atoms with E-state index in [4.69, 9.17) is 0 Å². The van der Waals surface area contributed by atoms with E-state index in [0.29, 0.717) is 5.56 Å². The van der Waals surface area contributed by atoms with Crippen LogP contribution >= 0.6 is 0 Å². The molecule has 0 aromatic heterocycles. The lowest BCUT2D eigenvalue weighted by molar-refractivity contribution is -0.140. The number of carbonyl (C=O) groups is 2. The van der Waals surface area contributed by atoms with Crippen LogP contribution in [0, 0.1) is 11.6 Å². The van der Waals surface area contributed by atoms with Crippen LogP contribution in [0.4, 0.5) is 14.5 Å². The van der Waals surface area contributed by atoms with E-state index < -0.39 is 46.1 Å². The summed E-state index contributed by atoms with van der Waals surface area (Å²) < 4.78 is 57.3. The predicted octanol–water partition coefficient (Wildman–Crippen LogP) is 5.32. The fourth-order valence-electron chi connectivity index (χ4n) is 4.61. The summed E-state index contributed by atoms with van der Waals surface area (Å²) in [7, 11) is -4.41. The maximum absolute atomic E-state index is 15.1. The van der Waals surface area contributed by atoms with E-state index in [9.17, 15) is 22.4 Å². The topological polar surface area (TPSA) is 86.8 Å². The summed E-state index contributed by atoms with van der Waals surface area (Å²) in [5, 5.41) is 2.86. The number of rotatable bonds is 12. The largest absolute Gasteiger partial charge is 0.352 e. The van der Waals surface area contributed by atoms with Crippen molar-refractivity contribution in [3.8, 4) is 0 Å². The number of benzene rings is 4. The van der Waals surface area contributed by atoms with Crippen molar-refractivity contribution in [1.82, 2.24) is 10.2 Å². The van der Waals surface area contributed by atoms with E-state index in [1.165, 1.54) is 71.6 Å². The van der Waals surface area contributed by atoms with Gasteiger partial charge in [-0.1, -0.05) is 72.8 Å². The fraction of sp³-hybridized carbons (Fsp3) is 0.212. The first-order valence-electron chi connectivity index (χ1n) is 13.8. The zero-order valence-corrected chi connectivity index (χ0v) is 24.7. The number of nitrogens with zero attached hydrogens (tertiary/aromatic N) is 2. The van der Waals surface area contributed by atoms with Crippen LogP contribution in [0.2, 0.25) is 0 Å². The number of carbonyl (C=O) groups excluding carboxylic acids is 2. The van der Waals surface area contributed by atoms with Gasteiger partial charge >= 0.3 is 0 Å². The first-order valence-corrected chi connectivity index (χ1v) is 15.2. The Morgan fingerprint density at radius 3 is 1.95 bits per heavy atom. The Bertz CT molecular complexity index is 1630. The van der Waals surface area contributed by atoms with E-state index in [0.717, 1.165) is 15.9 Å². The third-order valence-electron chi connectivity index (χ3n) is 6.70. The lowest BCUT2D eigenvalue weighted by atomic mass is 10.0. The Morgan fingerprint density at radius 2 is 1.35 bits per heavy atom. The highest BCUT2D eigenvalue weighted by atomic mass is 32.2. The third-order valence-corrected chi connectivity index (χ3v) is 8.47. The summed E-state index contributed by atoms with van der Waals surface area (Å²) in [6.07, 6.45) is 0.122. The van der Waals surface area contributed by atoms with E-state index in [1.54, 1.807) is 19.9 Å². The Morgan fingerprint density at radius 1 is 0.767 bits per heavy atom. The van der Waals surface area contributed by atoms with Crippen LogP contribution in [-0.4, -0.2) is 43.8 Å². The second kappa shape index (κ2) is 14.1. The number of anilines is 1. The van der Waals surface area contributed by atoms with E-state index >= 15 is 4.39 Å². The number of hydrogen-bond donors (Lipinski definition) is 1.